The molecule has 0 saturated carbocycles. The average Bonchev–Trinajstić information content (AvgIpc) is 2.55. The third kappa shape index (κ3) is 4.39. The Bertz CT molecular complexity index is 786. The molecule has 0 unspecified atom stereocenters. The number of benzene rings is 2. The number of halogens is 1. The molecule has 1 N–H and O–H groups in total. The van der Waals surface area contributed by atoms with Crippen molar-refractivity contribution in [2.45, 2.75) is 19.8 Å². The fourth-order valence-corrected chi connectivity index (χ4v) is 2.18. The number of nitrogens with one attached hydrogen (secondary N) is 1. The van der Waals surface area contributed by atoms with Crippen LogP contribution in [0.1, 0.15) is 41.3 Å². The van der Waals surface area contributed by atoms with E-state index in [4.69, 9.17) is 11.6 Å². The van der Waals surface area contributed by atoms with Crippen LogP contribution < -0.4 is 5.43 Å². The molecule has 0 aliphatic heterocycles. The molecule has 0 atom stereocenters. The van der Waals surface area contributed by atoms with E-state index in [1.807, 2.05) is 24.3 Å². The number of carbonyl (C=O) groups excluding carboxylic acids is 1. The van der Waals surface area contributed by atoms with Crippen molar-refractivity contribution in [2.75, 3.05) is 0 Å². The highest BCUT2D eigenvalue weighted by Gasteiger charge is 2.15. The van der Waals surface area contributed by atoms with Crippen molar-refractivity contribution in [1.29, 1.82) is 0 Å². The molecule has 0 radical (unpaired) electrons. The first kappa shape index (κ1) is 17.6. The quantitative estimate of drug-likeness (QED) is 0.502. The van der Waals surface area contributed by atoms with Gasteiger partial charge in [-0.1, -0.05) is 49.7 Å². The van der Waals surface area contributed by atoms with E-state index in [-0.39, 0.29) is 16.3 Å². The van der Waals surface area contributed by atoms with Crippen molar-refractivity contribution in [2.24, 2.45) is 5.10 Å². The van der Waals surface area contributed by atoms with Gasteiger partial charge in [-0.25, -0.2) is 5.43 Å². The van der Waals surface area contributed by atoms with E-state index in [2.05, 4.69) is 24.4 Å². The van der Waals surface area contributed by atoms with Crippen molar-refractivity contribution in [1.82, 2.24) is 5.43 Å². The topological polar surface area (TPSA) is 84.6 Å². The summed E-state index contributed by atoms with van der Waals surface area (Å²) < 4.78 is 0. The Balaban J connectivity index is 2.05. The first-order chi connectivity index (χ1) is 11.4. The Labute approximate surface area is 144 Å². The summed E-state index contributed by atoms with van der Waals surface area (Å²) in [5.74, 6) is -0.110. The Morgan fingerprint density at radius 1 is 1.25 bits per heavy atom. The molecular formula is C17H16ClN3O3. The van der Waals surface area contributed by atoms with Crippen molar-refractivity contribution < 1.29 is 9.72 Å². The molecule has 0 aliphatic rings. The number of hydrogen-bond donors (Lipinski definition) is 1. The smallest absolute Gasteiger partial charge is 0.267 e. The molecule has 6 nitrogen and oxygen atoms in total. The number of rotatable bonds is 5. The van der Waals surface area contributed by atoms with E-state index in [0.29, 0.717) is 5.92 Å². The van der Waals surface area contributed by atoms with Crippen LogP contribution in [-0.4, -0.2) is 17.0 Å². The second-order valence-corrected chi connectivity index (χ2v) is 5.85. The first-order valence-corrected chi connectivity index (χ1v) is 7.63. The number of nitro benzene ring substituents is 1. The molecule has 0 bridgehead atoms. The van der Waals surface area contributed by atoms with E-state index in [0.717, 1.165) is 11.6 Å². The zero-order valence-corrected chi connectivity index (χ0v) is 13.9. The van der Waals surface area contributed by atoms with Crippen molar-refractivity contribution in [3.05, 3.63) is 74.3 Å². The van der Waals surface area contributed by atoms with E-state index in [1.165, 1.54) is 23.9 Å². The van der Waals surface area contributed by atoms with Gasteiger partial charge in [-0.05, 0) is 29.2 Å². The van der Waals surface area contributed by atoms with Crippen LogP contribution in [0.25, 0.3) is 0 Å². The lowest BCUT2D eigenvalue weighted by atomic mass is 10.0. The van der Waals surface area contributed by atoms with Crippen LogP contribution in [0.4, 0.5) is 5.69 Å². The summed E-state index contributed by atoms with van der Waals surface area (Å²) in [5.41, 5.74) is 4.17. The molecule has 2 aromatic carbocycles. The lowest BCUT2D eigenvalue weighted by Gasteiger charge is -2.04. The van der Waals surface area contributed by atoms with Gasteiger partial charge in [-0.3, -0.25) is 14.9 Å². The molecule has 0 heterocycles. The maximum atomic E-state index is 12.0. The van der Waals surface area contributed by atoms with Crippen LogP contribution in [0.2, 0.25) is 5.02 Å². The minimum Gasteiger partial charge on any atom is -0.267 e. The summed E-state index contributed by atoms with van der Waals surface area (Å²) in [6, 6.07) is 11.6. The van der Waals surface area contributed by atoms with Crippen LogP contribution >= 0.6 is 11.6 Å². The fourth-order valence-electron chi connectivity index (χ4n) is 1.99. The van der Waals surface area contributed by atoms with Crippen LogP contribution in [-0.2, 0) is 0 Å². The fraction of sp³-hybridized carbons (Fsp3) is 0.176. The van der Waals surface area contributed by atoms with Gasteiger partial charge in [-0.15, -0.1) is 0 Å². The summed E-state index contributed by atoms with van der Waals surface area (Å²) in [5, 5.41) is 14.7. The molecule has 0 aliphatic carbocycles. The summed E-state index contributed by atoms with van der Waals surface area (Å²) in [6.07, 6.45) is 1.51. The molecule has 0 saturated heterocycles. The number of carbonyl (C=O) groups is 1. The second kappa shape index (κ2) is 7.70. The monoisotopic (exact) mass is 345 g/mol. The zero-order valence-electron chi connectivity index (χ0n) is 13.2. The highest BCUT2D eigenvalue weighted by molar-refractivity contribution is 6.32. The van der Waals surface area contributed by atoms with Gasteiger partial charge in [0.15, 0.2) is 0 Å². The van der Waals surface area contributed by atoms with Crippen LogP contribution in [0.5, 0.6) is 0 Å². The van der Waals surface area contributed by atoms with Crippen molar-refractivity contribution >= 4 is 29.4 Å². The summed E-state index contributed by atoms with van der Waals surface area (Å²) >= 11 is 5.71. The first-order valence-electron chi connectivity index (χ1n) is 7.26. The molecule has 1 amide bonds. The highest BCUT2D eigenvalue weighted by atomic mass is 35.5. The predicted octanol–water partition coefficient (Wildman–Crippen LogP) is 4.14. The Morgan fingerprint density at radius 2 is 1.92 bits per heavy atom. The second-order valence-electron chi connectivity index (χ2n) is 5.44. The van der Waals surface area contributed by atoms with Gasteiger partial charge in [0.2, 0.25) is 0 Å². The minimum atomic E-state index is -0.640. The number of hydrogen-bond acceptors (Lipinski definition) is 4. The van der Waals surface area contributed by atoms with Crippen molar-refractivity contribution in [3.63, 3.8) is 0 Å². The van der Waals surface area contributed by atoms with Gasteiger partial charge in [0.05, 0.1) is 11.1 Å². The Morgan fingerprint density at radius 3 is 2.50 bits per heavy atom. The van der Waals surface area contributed by atoms with Gasteiger partial charge in [0.1, 0.15) is 5.02 Å². The average molecular weight is 346 g/mol. The van der Waals surface area contributed by atoms with E-state index >= 15 is 0 Å². The number of nitrogens with zero attached hydrogens (tertiary/aromatic N) is 2. The standard InChI is InChI=1S/C17H16ClN3O3/c1-11(2)13-5-3-12(4-6-13)10-19-20-17(22)14-7-8-15(18)16(9-14)21(23)24/h3-11H,1-2H3,(H,20,22)/b19-10-. The van der Waals surface area contributed by atoms with Gasteiger partial charge in [-0.2, -0.15) is 5.10 Å². The minimum absolute atomic E-state index is 0.0229. The van der Waals surface area contributed by atoms with Gasteiger partial charge < -0.3 is 0 Å². The van der Waals surface area contributed by atoms with Gasteiger partial charge >= 0.3 is 0 Å². The molecular weight excluding hydrogens is 330 g/mol. The van der Waals surface area contributed by atoms with Crippen LogP contribution in [0.15, 0.2) is 47.6 Å². The lowest BCUT2D eigenvalue weighted by Crippen LogP contribution is -2.17. The maximum Gasteiger partial charge on any atom is 0.288 e. The third-order valence-corrected chi connectivity index (χ3v) is 3.71. The predicted molar refractivity (Wildman–Crippen MR) is 93.7 cm³/mol. The Hall–Kier alpha value is -2.73. The van der Waals surface area contributed by atoms with E-state index in [1.54, 1.807) is 0 Å². The van der Waals surface area contributed by atoms with Gasteiger partial charge in [0.25, 0.3) is 11.6 Å². The highest BCUT2D eigenvalue weighted by Crippen LogP contribution is 2.24. The molecule has 2 rings (SSSR count). The largest absolute Gasteiger partial charge is 0.288 e. The van der Waals surface area contributed by atoms with E-state index in [9.17, 15) is 14.9 Å². The maximum absolute atomic E-state index is 12.0. The lowest BCUT2D eigenvalue weighted by molar-refractivity contribution is -0.384. The zero-order chi connectivity index (χ0) is 17.7. The summed E-state index contributed by atoms with van der Waals surface area (Å²) in [7, 11) is 0. The summed E-state index contributed by atoms with van der Waals surface area (Å²) in [6.45, 7) is 4.21. The molecule has 124 valence electrons. The summed E-state index contributed by atoms with van der Waals surface area (Å²) in [4.78, 5) is 22.2. The number of amides is 1. The normalized spacial score (nSPS) is 11.0. The number of nitro groups is 1. The third-order valence-electron chi connectivity index (χ3n) is 3.39. The van der Waals surface area contributed by atoms with Crippen molar-refractivity contribution in [3.8, 4) is 0 Å². The van der Waals surface area contributed by atoms with Crippen LogP contribution in [0, 0.1) is 10.1 Å². The Kier molecular flexibility index (Phi) is 5.65. The molecule has 24 heavy (non-hydrogen) atoms. The van der Waals surface area contributed by atoms with E-state index < -0.39 is 10.8 Å². The molecule has 2 aromatic rings. The molecule has 0 fully saturated rings. The molecule has 7 heteroatoms. The number of hydrazone groups is 1. The SMILES string of the molecule is CC(C)c1ccc(/C=N\NC(=O)c2ccc(Cl)c([N+](=O)[O-])c2)cc1. The molecule has 0 aromatic heterocycles. The van der Waals surface area contributed by atoms with Crippen LogP contribution in [0.3, 0.4) is 0 Å². The molecule has 0 spiro atoms. The van der Waals surface area contributed by atoms with Gasteiger partial charge in [0, 0.05) is 11.6 Å².